The van der Waals surface area contributed by atoms with Gasteiger partial charge in [0.25, 0.3) is 0 Å². The molecule has 1 aromatic carbocycles. The average molecular weight is 386 g/mol. The van der Waals surface area contributed by atoms with Gasteiger partial charge in [0.2, 0.25) is 5.95 Å². The van der Waals surface area contributed by atoms with Crippen LogP contribution >= 0.6 is 22.6 Å². The number of anilines is 2. The smallest absolute Gasteiger partial charge is 0.221 e. The molecule has 0 aliphatic heterocycles. The molecule has 0 unspecified atom stereocenters. The van der Waals surface area contributed by atoms with Gasteiger partial charge in [0.05, 0.1) is 17.8 Å². The molecule has 0 aliphatic carbocycles. The Morgan fingerprint density at radius 1 is 1.20 bits per heavy atom. The van der Waals surface area contributed by atoms with Gasteiger partial charge in [-0.25, -0.2) is 4.98 Å². The molecule has 0 amide bonds. The van der Waals surface area contributed by atoms with Gasteiger partial charge in [0.15, 0.2) is 11.5 Å². The van der Waals surface area contributed by atoms with Gasteiger partial charge < -0.3 is 20.9 Å². The molecule has 0 aliphatic rings. The van der Waals surface area contributed by atoms with Crippen molar-refractivity contribution in [2.45, 2.75) is 6.42 Å². The zero-order valence-corrected chi connectivity index (χ0v) is 13.3. The maximum absolute atomic E-state index is 5.84. The van der Waals surface area contributed by atoms with E-state index in [1.807, 2.05) is 12.1 Å². The van der Waals surface area contributed by atoms with Gasteiger partial charge in [-0.15, -0.1) is 0 Å². The standard InChI is InChI=1S/C13H15IN4O2/c1-19-10-5-7(4-9(14)11(10)20-2)3-8-6-17-13(16)18-12(8)15/h4-6H,3H2,1-2H3,(H4,15,16,17,18). The van der Waals surface area contributed by atoms with E-state index in [0.29, 0.717) is 18.0 Å². The van der Waals surface area contributed by atoms with Crippen LogP contribution in [-0.2, 0) is 6.42 Å². The summed E-state index contributed by atoms with van der Waals surface area (Å²) in [5.41, 5.74) is 13.2. The summed E-state index contributed by atoms with van der Waals surface area (Å²) in [6, 6.07) is 3.93. The molecule has 4 N–H and O–H groups in total. The number of nitrogens with zero attached hydrogens (tertiary/aromatic N) is 2. The summed E-state index contributed by atoms with van der Waals surface area (Å²) in [6.45, 7) is 0. The third-order valence-electron chi connectivity index (χ3n) is 2.80. The van der Waals surface area contributed by atoms with E-state index in [1.54, 1.807) is 20.4 Å². The number of nitrogen functional groups attached to an aromatic ring is 2. The van der Waals surface area contributed by atoms with E-state index in [-0.39, 0.29) is 5.95 Å². The monoisotopic (exact) mass is 386 g/mol. The van der Waals surface area contributed by atoms with Gasteiger partial charge in [-0.3, -0.25) is 0 Å². The fourth-order valence-corrected chi connectivity index (χ4v) is 2.75. The number of halogens is 1. The van der Waals surface area contributed by atoms with Crippen molar-refractivity contribution in [2.24, 2.45) is 0 Å². The highest BCUT2D eigenvalue weighted by Gasteiger charge is 2.12. The molecule has 0 fully saturated rings. The Morgan fingerprint density at radius 2 is 1.95 bits per heavy atom. The third kappa shape index (κ3) is 3.03. The maximum Gasteiger partial charge on any atom is 0.221 e. The van der Waals surface area contributed by atoms with Crippen molar-refractivity contribution in [3.8, 4) is 11.5 Å². The quantitative estimate of drug-likeness (QED) is 0.779. The predicted molar refractivity (Wildman–Crippen MR) is 85.9 cm³/mol. The van der Waals surface area contributed by atoms with E-state index in [2.05, 4.69) is 32.6 Å². The number of rotatable bonds is 4. The van der Waals surface area contributed by atoms with E-state index in [0.717, 1.165) is 20.4 Å². The third-order valence-corrected chi connectivity index (χ3v) is 3.61. The van der Waals surface area contributed by atoms with Gasteiger partial charge in [0, 0.05) is 18.2 Å². The summed E-state index contributed by atoms with van der Waals surface area (Å²) in [6.07, 6.45) is 2.24. The minimum Gasteiger partial charge on any atom is -0.493 e. The van der Waals surface area contributed by atoms with Gasteiger partial charge >= 0.3 is 0 Å². The van der Waals surface area contributed by atoms with Crippen molar-refractivity contribution in [2.75, 3.05) is 25.7 Å². The van der Waals surface area contributed by atoms with Crippen LogP contribution in [0.3, 0.4) is 0 Å². The lowest BCUT2D eigenvalue weighted by atomic mass is 10.1. The van der Waals surface area contributed by atoms with Crippen LogP contribution in [0.5, 0.6) is 11.5 Å². The first-order valence-electron chi connectivity index (χ1n) is 5.82. The normalized spacial score (nSPS) is 10.3. The number of ether oxygens (including phenoxy) is 2. The lowest BCUT2D eigenvalue weighted by Crippen LogP contribution is -2.04. The first-order valence-corrected chi connectivity index (χ1v) is 6.90. The maximum atomic E-state index is 5.84. The van der Waals surface area contributed by atoms with Crippen LogP contribution in [0.1, 0.15) is 11.1 Å². The minimum absolute atomic E-state index is 0.174. The predicted octanol–water partition coefficient (Wildman–Crippen LogP) is 1.85. The summed E-state index contributed by atoms with van der Waals surface area (Å²) in [5, 5.41) is 0. The Kier molecular flexibility index (Phi) is 4.48. The second kappa shape index (κ2) is 6.12. The average Bonchev–Trinajstić information content (AvgIpc) is 2.41. The summed E-state index contributed by atoms with van der Waals surface area (Å²) in [4.78, 5) is 7.92. The van der Waals surface area contributed by atoms with Crippen molar-refractivity contribution in [1.29, 1.82) is 0 Å². The van der Waals surface area contributed by atoms with Gasteiger partial charge in [-0.2, -0.15) is 4.98 Å². The van der Waals surface area contributed by atoms with Crippen LogP contribution in [0.15, 0.2) is 18.3 Å². The largest absolute Gasteiger partial charge is 0.493 e. The second-order valence-corrected chi connectivity index (χ2v) is 5.29. The molecular weight excluding hydrogens is 371 g/mol. The highest BCUT2D eigenvalue weighted by molar-refractivity contribution is 14.1. The molecule has 0 saturated carbocycles. The summed E-state index contributed by atoms with van der Waals surface area (Å²) >= 11 is 2.20. The second-order valence-electron chi connectivity index (χ2n) is 4.13. The number of hydrogen-bond donors (Lipinski definition) is 2. The van der Waals surface area contributed by atoms with Gasteiger partial charge in [-0.05, 0) is 40.3 Å². The molecule has 6 nitrogen and oxygen atoms in total. The molecule has 1 aromatic heterocycles. The number of methoxy groups -OCH3 is 2. The highest BCUT2D eigenvalue weighted by atomic mass is 127. The van der Waals surface area contributed by atoms with Gasteiger partial charge in [-0.1, -0.05) is 0 Å². The topological polar surface area (TPSA) is 96.3 Å². The first kappa shape index (κ1) is 14.6. The van der Waals surface area contributed by atoms with E-state index >= 15 is 0 Å². The molecule has 1 heterocycles. The number of benzene rings is 1. The van der Waals surface area contributed by atoms with Crippen LogP contribution in [-0.4, -0.2) is 24.2 Å². The SMILES string of the molecule is COc1cc(Cc2cnc(N)nc2N)cc(I)c1OC. The molecule has 106 valence electrons. The van der Waals surface area contributed by atoms with E-state index in [9.17, 15) is 0 Å². The van der Waals surface area contributed by atoms with Crippen molar-refractivity contribution >= 4 is 34.4 Å². The van der Waals surface area contributed by atoms with Crippen LogP contribution in [0, 0.1) is 3.57 Å². The Balaban J connectivity index is 2.36. The molecule has 0 spiro atoms. The molecule has 0 bridgehead atoms. The Labute approximate surface area is 130 Å². The molecular formula is C13H15IN4O2. The van der Waals surface area contributed by atoms with E-state index in [1.165, 1.54) is 0 Å². The Morgan fingerprint density at radius 3 is 2.55 bits per heavy atom. The van der Waals surface area contributed by atoms with Crippen LogP contribution in [0.2, 0.25) is 0 Å². The summed E-state index contributed by atoms with van der Waals surface area (Å²) < 4.78 is 11.6. The minimum atomic E-state index is 0.174. The zero-order valence-electron chi connectivity index (χ0n) is 11.2. The summed E-state index contributed by atoms with van der Waals surface area (Å²) in [7, 11) is 3.23. The fourth-order valence-electron chi connectivity index (χ4n) is 1.86. The molecule has 2 rings (SSSR count). The van der Waals surface area contributed by atoms with E-state index < -0.39 is 0 Å². The van der Waals surface area contributed by atoms with Crippen LogP contribution in [0.4, 0.5) is 11.8 Å². The highest BCUT2D eigenvalue weighted by Crippen LogP contribution is 2.34. The van der Waals surface area contributed by atoms with Crippen molar-refractivity contribution in [1.82, 2.24) is 9.97 Å². The lowest BCUT2D eigenvalue weighted by Gasteiger charge is -2.12. The lowest BCUT2D eigenvalue weighted by molar-refractivity contribution is 0.352. The number of hydrogen-bond acceptors (Lipinski definition) is 6. The molecule has 0 radical (unpaired) electrons. The van der Waals surface area contributed by atoms with Crippen LogP contribution < -0.4 is 20.9 Å². The van der Waals surface area contributed by atoms with Crippen molar-refractivity contribution in [3.05, 3.63) is 33.0 Å². The first-order chi connectivity index (χ1) is 9.55. The Bertz CT molecular complexity index is 634. The molecule has 0 saturated heterocycles. The van der Waals surface area contributed by atoms with Gasteiger partial charge in [0.1, 0.15) is 5.82 Å². The molecule has 2 aromatic rings. The zero-order chi connectivity index (χ0) is 14.7. The molecule has 20 heavy (non-hydrogen) atoms. The number of nitrogens with two attached hydrogens (primary N) is 2. The number of aromatic nitrogens is 2. The van der Waals surface area contributed by atoms with Crippen LogP contribution in [0.25, 0.3) is 0 Å². The molecule has 7 heteroatoms. The fraction of sp³-hybridized carbons (Fsp3) is 0.231. The van der Waals surface area contributed by atoms with Crippen molar-refractivity contribution in [3.63, 3.8) is 0 Å². The molecule has 0 atom stereocenters. The van der Waals surface area contributed by atoms with E-state index in [4.69, 9.17) is 20.9 Å². The summed E-state index contributed by atoms with van der Waals surface area (Å²) in [5.74, 6) is 1.97. The van der Waals surface area contributed by atoms with Crippen molar-refractivity contribution < 1.29 is 9.47 Å². The Hall–Kier alpha value is -1.77.